The number of benzene rings is 1. The monoisotopic (exact) mass is 501 g/mol. The lowest BCUT2D eigenvalue weighted by Gasteiger charge is -2.30. The molecular formula is C23H29F2N9O2. The predicted molar refractivity (Wildman–Crippen MR) is 129 cm³/mol. The minimum atomic E-state index is -2.81. The SMILES string of the molecule is NCC(=O)NC1CCC(Nc2nc(N3CCOCC3)nc(-n3c(C(F)F)nc4ccccc43)n2)CC1. The standard InChI is InChI=1S/C23H29F2N9O2/c24-19(25)20-29-16-3-1-2-4-17(16)34(20)23-31-21(30-22(32-23)33-9-11-36-12-10-33)28-15-7-5-14(6-8-15)27-18(35)13-26/h1-4,14-15,19H,5-13,26H2,(H,27,35)(H,28,30,31,32). The molecule has 192 valence electrons. The second-order valence-electron chi connectivity index (χ2n) is 8.92. The van der Waals surface area contributed by atoms with Crippen LogP contribution in [0.3, 0.4) is 0 Å². The number of hydrogen-bond donors (Lipinski definition) is 3. The number of anilines is 2. The first-order chi connectivity index (χ1) is 17.5. The molecule has 3 heterocycles. The van der Waals surface area contributed by atoms with Gasteiger partial charge in [-0.3, -0.25) is 9.36 Å². The van der Waals surface area contributed by atoms with E-state index in [1.54, 1.807) is 24.3 Å². The van der Waals surface area contributed by atoms with Gasteiger partial charge in [-0.1, -0.05) is 12.1 Å². The zero-order valence-electron chi connectivity index (χ0n) is 19.7. The van der Waals surface area contributed by atoms with Crippen molar-refractivity contribution in [2.75, 3.05) is 43.1 Å². The molecule has 1 aliphatic heterocycles. The summed E-state index contributed by atoms with van der Waals surface area (Å²) < 4.78 is 34.7. The summed E-state index contributed by atoms with van der Waals surface area (Å²) in [7, 11) is 0. The van der Waals surface area contributed by atoms with Crippen LogP contribution in [0.15, 0.2) is 24.3 Å². The highest BCUT2D eigenvalue weighted by Gasteiger charge is 2.26. The number of rotatable bonds is 7. The lowest BCUT2D eigenvalue weighted by molar-refractivity contribution is -0.120. The van der Waals surface area contributed by atoms with Gasteiger partial charge in [-0.15, -0.1) is 0 Å². The molecule has 13 heteroatoms. The second-order valence-corrected chi connectivity index (χ2v) is 8.92. The van der Waals surface area contributed by atoms with E-state index in [-0.39, 0.29) is 30.5 Å². The molecule has 1 amide bonds. The van der Waals surface area contributed by atoms with Gasteiger partial charge in [0.25, 0.3) is 6.43 Å². The first-order valence-corrected chi connectivity index (χ1v) is 12.1. The van der Waals surface area contributed by atoms with Crippen LogP contribution in [-0.4, -0.2) is 75.3 Å². The zero-order valence-corrected chi connectivity index (χ0v) is 19.7. The van der Waals surface area contributed by atoms with Crippen LogP contribution in [0.1, 0.15) is 37.9 Å². The molecule has 36 heavy (non-hydrogen) atoms. The van der Waals surface area contributed by atoms with Gasteiger partial charge < -0.3 is 26.0 Å². The van der Waals surface area contributed by atoms with Gasteiger partial charge >= 0.3 is 0 Å². The van der Waals surface area contributed by atoms with Gasteiger partial charge in [0.1, 0.15) is 0 Å². The number of aromatic nitrogens is 5. The quantitative estimate of drug-likeness (QED) is 0.443. The van der Waals surface area contributed by atoms with Crippen molar-refractivity contribution in [1.82, 2.24) is 29.8 Å². The van der Waals surface area contributed by atoms with Gasteiger partial charge in [0.15, 0.2) is 5.82 Å². The predicted octanol–water partition coefficient (Wildman–Crippen LogP) is 1.78. The van der Waals surface area contributed by atoms with Crippen molar-refractivity contribution in [3.8, 4) is 5.95 Å². The van der Waals surface area contributed by atoms with E-state index in [1.807, 2.05) is 4.90 Å². The molecule has 4 N–H and O–H groups in total. The van der Waals surface area contributed by atoms with Crippen LogP contribution in [-0.2, 0) is 9.53 Å². The minimum Gasteiger partial charge on any atom is -0.378 e. The lowest BCUT2D eigenvalue weighted by atomic mass is 9.91. The summed E-state index contributed by atoms with van der Waals surface area (Å²) in [6.45, 7) is 2.19. The third-order valence-corrected chi connectivity index (χ3v) is 6.50. The maximum atomic E-state index is 14.0. The summed E-state index contributed by atoms with van der Waals surface area (Å²) in [6, 6.07) is 7.07. The Morgan fingerprint density at radius 2 is 1.72 bits per heavy atom. The fourth-order valence-electron chi connectivity index (χ4n) is 4.68. The Hall–Kier alpha value is -3.45. The molecule has 11 nitrogen and oxygen atoms in total. The van der Waals surface area contributed by atoms with Crippen LogP contribution in [0, 0.1) is 0 Å². The smallest absolute Gasteiger partial charge is 0.296 e. The van der Waals surface area contributed by atoms with E-state index in [9.17, 15) is 13.6 Å². The number of para-hydroxylation sites is 2. The molecule has 0 unspecified atom stereocenters. The number of carbonyl (C=O) groups is 1. The molecule has 1 saturated heterocycles. The van der Waals surface area contributed by atoms with Gasteiger partial charge in [0.2, 0.25) is 23.8 Å². The summed E-state index contributed by atoms with van der Waals surface area (Å²) >= 11 is 0. The Morgan fingerprint density at radius 1 is 1.03 bits per heavy atom. The third-order valence-electron chi connectivity index (χ3n) is 6.50. The Labute approximate surface area is 206 Å². The topological polar surface area (TPSA) is 136 Å². The van der Waals surface area contributed by atoms with Crippen molar-refractivity contribution in [3.05, 3.63) is 30.1 Å². The summed E-state index contributed by atoms with van der Waals surface area (Å²) in [4.78, 5) is 31.4. The number of morpholine rings is 1. The number of imidazole rings is 1. The maximum Gasteiger partial charge on any atom is 0.296 e. The van der Waals surface area contributed by atoms with Crippen molar-refractivity contribution in [1.29, 1.82) is 0 Å². The van der Waals surface area contributed by atoms with Gasteiger partial charge in [-0.05, 0) is 37.8 Å². The second kappa shape index (κ2) is 10.7. The first-order valence-electron chi connectivity index (χ1n) is 12.1. The number of halogens is 2. The van der Waals surface area contributed by atoms with Crippen LogP contribution in [0.5, 0.6) is 0 Å². The summed E-state index contributed by atoms with van der Waals surface area (Å²) in [5.41, 5.74) is 6.33. The number of carbonyl (C=O) groups excluding carboxylic acids is 1. The van der Waals surface area contributed by atoms with E-state index in [1.165, 1.54) is 4.57 Å². The molecule has 2 aliphatic rings. The summed E-state index contributed by atoms with van der Waals surface area (Å²) in [5, 5.41) is 6.30. The number of amides is 1. The number of nitrogens with zero attached hydrogens (tertiary/aromatic N) is 6. The number of fused-ring (bicyclic) bond motifs is 1. The summed E-state index contributed by atoms with van der Waals surface area (Å²) in [5.74, 6) is 0.215. The van der Waals surface area contributed by atoms with Gasteiger partial charge in [0.05, 0.1) is 30.8 Å². The Bertz CT molecular complexity index is 1210. The molecular weight excluding hydrogens is 472 g/mol. The third kappa shape index (κ3) is 5.21. The largest absolute Gasteiger partial charge is 0.378 e. The van der Waals surface area contributed by atoms with E-state index in [0.29, 0.717) is 49.2 Å². The maximum absolute atomic E-state index is 14.0. The van der Waals surface area contributed by atoms with Crippen LogP contribution >= 0.6 is 0 Å². The Morgan fingerprint density at radius 3 is 2.44 bits per heavy atom. The van der Waals surface area contributed by atoms with Crippen molar-refractivity contribution >= 4 is 28.8 Å². The zero-order chi connectivity index (χ0) is 25.1. The highest BCUT2D eigenvalue weighted by Crippen LogP contribution is 2.28. The lowest BCUT2D eigenvalue weighted by Crippen LogP contribution is -2.42. The molecule has 1 aromatic carbocycles. The van der Waals surface area contributed by atoms with Crippen LogP contribution < -0.4 is 21.3 Å². The van der Waals surface area contributed by atoms with Crippen LogP contribution in [0.2, 0.25) is 0 Å². The van der Waals surface area contributed by atoms with Crippen molar-refractivity contribution in [3.63, 3.8) is 0 Å². The molecule has 1 saturated carbocycles. The molecule has 1 aliphatic carbocycles. The van der Waals surface area contributed by atoms with E-state index >= 15 is 0 Å². The number of ether oxygens (including phenoxy) is 1. The van der Waals surface area contributed by atoms with Crippen LogP contribution in [0.25, 0.3) is 17.0 Å². The number of alkyl halides is 2. The van der Waals surface area contributed by atoms with E-state index in [2.05, 4.69) is 30.6 Å². The van der Waals surface area contributed by atoms with Gasteiger partial charge in [-0.2, -0.15) is 15.0 Å². The molecule has 0 radical (unpaired) electrons. The van der Waals surface area contributed by atoms with Crippen molar-refractivity contribution in [2.45, 2.75) is 44.2 Å². The molecule has 2 fully saturated rings. The summed E-state index contributed by atoms with van der Waals surface area (Å²) in [6.07, 6.45) is 0.356. The van der Waals surface area contributed by atoms with Crippen molar-refractivity contribution < 1.29 is 18.3 Å². The molecule has 5 rings (SSSR count). The first kappa shape index (κ1) is 24.3. The average Bonchev–Trinajstić information content (AvgIpc) is 3.30. The molecule has 0 spiro atoms. The number of hydrogen-bond acceptors (Lipinski definition) is 9. The number of nitrogens with two attached hydrogens (primary N) is 1. The molecule has 2 aromatic heterocycles. The number of nitrogens with one attached hydrogen (secondary N) is 2. The molecule has 0 bridgehead atoms. The van der Waals surface area contributed by atoms with Gasteiger partial charge in [-0.25, -0.2) is 13.8 Å². The van der Waals surface area contributed by atoms with Gasteiger partial charge in [0, 0.05) is 25.2 Å². The molecule has 3 aromatic rings. The highest BCUT2D eigenvalue weighted by molar-refractivity contribution is 5.78. The molecule has 0 atom stereocenters. The van der Waals surface area contributed by atoms with E-state index in [0.717, 1.165) is 25.7 Å². The fourth-order valence-corrected chi connectivity index (χ4v) is 4.68. The Balaban J connectivity index is 1.46. The van der Waals surface area contributed by atoms with Crippen molar-refractivity contribution in [2.24, 2.45) is 5.73 Å². The Kier molecular flexibility index (Phi) is 7.18. The normalized spacial score (nSPS) is 20.6. The highest BCUT2D eigenvalue weighted by atomic mass is 19.3. The fraction of sp³-hybridized carbons (Fsp3) is 0.522. The van der Waals surface area contributed by atoms with E-state index in [4.69, 9.17) is 10.5 Å². The van der Waals surface area contributed by atoms with E-state index < -0.39 is 12.2 Å². The average molecular weight is 502 g/mol. The van der Waals surface area contributed by atoms with Crippen LogP contribution in [0.4, 0.5) is 20.7 Å². The minimum absolute atomic E-state index is 0.0281.